The van der Waals surface area contributed by atoms with Gasteiger partial charge in [0.25, 0.3) is 0 Å². The van der Waals surface area contributed by atoms with Gasteiger partial charge in [-0.15, -0.1) is 0 Å². The smallest absolute Gasteiger partial charge is 0.0726 e. The number of rotatable bonds is 1. The maximum atomic E-state index is 8.97. The van der Waals surface area contributed by atoms with E-state index in [-0.39, 0.29) is 18.6 Å². The van der Waals surface area contributed by atoms with Gasteiger partial charge in [0, 0.05) is 25.6 Å². The van der Waals surface area contributed by atoms with Crippen LogP contribution in [0.5, 0.6) is 0 Å². The third-order valence-electron chi connectivity index (χ3n) is 1.54. The molecule has 0 unspecified atom stereocenters. The standard InChI is InChI=1S/C5H11NO2/c7-3-4-1-6-2-5(4)8/h4-8H,1-3H2/t4-,5+/m0/s1. The molecule has 0 spiro atoms. The van der Waals surface area contributed by atoms with Gasteiger partial charge in [0.05, 0.1) is 6.10 Å². The van der Waals surface area contributed by atoms with Crippen LogP contribution in [0.15, 0.2) is 0 Å². The lowest BCUT2D eigenvalue weighted by Gasteiger charge is -2.06. The molecule has 8 heavy (non-hydrogen) atoms. The van der Waals surface area contributed by atoms with Crippen molar-refractivity contribution in [3.8, 4) is 0 Å². The van der Waals surface area contributed by atoms with Crippen LogP contribution in [0.3, 0.4) is 0 Å². The monoisotopic (exact) mass is 117 g/mol. The van der Waals surface area contributed by atoms with Crippen molar-refractivity contribution in [3.05, 3.63) is 0 Å². The first-order chi connectivity index (χ1) is 3.84. The number of hydrogen-bond donors (Lipinski definition) is 3. The maximum Gasteiger partial charge on any atom is 0.0726 e. The number of aliphatic hydroxyl groups is 2. The molecular formula is C5H11NO2. The minimum Gasteiger partial charge on any atom is -0.396 e. The maximum absolute atomic E-state index is 8.97. The largest absolute Gasteiger partial charge is 0.396 e. The van der Waals surface area contributed by atoms with Crippen LogP contribution in [0.25, 0.3) is 0 Å². The van der Waals surface area contributed by atoms with E-state index in [0.717, 1.165) is 6.54 Å². The van der Waals surface area contributed by atoms with Crippen LogP contribution in [0.2, 0.25) is 0 Å². The van der Waals surface area contributed by atoms with Crippen molar-refractivity contribution in [2.45, 2.75) is 6.10 Å². The molecule has 1 aliphatic heterocycles. The van der Waals surface area contributed by atoms with E-state index in [4.69, 9.17) is 10.2 Å². The molecule has 0 aliphatic carbocycles. The summed E-state index contributed by atoms with van der Waals surface area (Å²) in [5, 5.41) is 20.5. The second kappa shape index (κ2) is 2.44. The zero-order chi connectivity index (χ0) is 5.98. The Hall–Kier alpha value is -0.120. The molecule has 48 valence electrons. The van der Waals surface area contributed by atoms with Crippen molar-refractivity contribution >= 4 is 0 Å². The second-order valence-corrected chi connectivity index (χ2v) is 2.17. The lowest BCUT2D eigenvalue weighted by molar-refractivity contribution is 0.104. The lowest BCUT2D eigenvalue weighted by Crippen LogP contribution is -2.20. The first kappa shape index (κ1) is 6.01. The average Bonchev–Trinajstić information content (AvgIpc) is 2.14. The Bertz CT molecular complexity index is 76.8. The molecular weight excluding hydrogens is 106 g/mol. The Morgan fingerprint density at radius 2 is 2.25 bits per heavy atom. The zero-order valence-corrected chi connectivity index (χ0v) is 4.67. The summed E-state index contributed by atoms with van der Waals surface area (Å²) in [5.41, 5.74) is 0. The van der Waals surface area contributed by atoms with Gasteiger partial charge in [-0.2, -0.15) is 0 Å². The molecule has 1 rings (SSSR count). The molecule has 3 nitrogen and oxygen atoms in total. The Morgan fingerprint density at radius 1 is 1.50 bits per heavy atom. The summed E-state index contributed by atoms with van der Waals surface area (Å²) in [7, 11) is 0. The molecule has 0 aromatic rings. The summed E-state index contributed by atoms with van der Waals surface area (Å²) in [6.07, 6.45) is -0.333. The SMILES string of the molecule is OC[C@@H]1CNC[C@H]1O. The highest BCUT2D eigenvalue weighted by Gasteiger charge is 2.23. The van der Waals surface area contributed by atoms with Crippen molar-refractivity contribution in [2.24, 2.45) is 5.92 Å². The summed E-state index contributed by atoms with van der Waals surface area (Å²) in [5.74, 6) is 0.0648. The molecule has 0 radical (unpaired) electrons. The summed E-state index contributed by atoms with van der Waals surface area (Å²) in [4.78, 5) is 0. The second-order valence-electron chi connectivity index (χ2n) is 2.17. The van der Waals surface area contributed by atoms with Crippen molar-refractivity contribution in [1.82, 2.24) is 5.32 Å². The van der Waals surface area contributed by atoms with Gasteiger partial charge >= 0.3 is 0 Å². The van der Waals surface area contributed by atoms with Gasteiger partial charge in [-0.1, -0.05) is 0 Å². The third kappa shape index (κ3) is 0.992. The quantitative estimate of drug-likeness (QED) is 0.394. The molecule has 1 heterocycles. The number of β-amino-alcohol motifs (C(OH)–C–C–N with tert-alkyl or cyclic N) is 1. The summed E-state index contributed by atoms with van der Waals surface area (Å²) >= 11 is 0. The number of hydrogen-bond acceptors (Lipinski definition) is 3. The van der Waals surface area contributed by atoms with Crippen molar-refractivity contribution in [1.29, 1.82) is 0 Å². The zero-order valence-electron chi connectivity index (χ0n) is 4.67. The van der Waals surface area contributed by atoms with E-state index in [2.05, 4.69) is 5.32 Å². The van der Waals surface area contributed by atoms with Gasteiger partial charge in [-0.3, -0.25) is 0 Å². The number of nitrogens with one attached hydrogen (secondary N) is 1. The van der Waals surface area contributed by atoms with Crippen LogP contribution in [-0.2, 0) is 0 Å². The van der Waals surface area contributed by atoms with Gasteiger partial charge in [-0.05, 0) is 0 Å². The van der Waals surface area contributed by atoms with E-state index in [0.29, 0.717) is 6.54 Å². The van der Waals surface area contributed by atoms with Crippen molar-refractivity contribution < 1.29 is 10.2 Å². The van der Waals surface area contributed by atoms with Gasteiger partial charge in [0.1, 0.15) is 0 Å². The Balaban J connectivity index is 2.30. The first-order valence-corrected chi connectivity index (χ1v) is 2.84. The van der Waals surface area contributed by atoms with Crippen LogP contribution in [0.1, 0.15) is 0 Å². The molecule has 1 saturated heterocycles. The molecule has 1 aliphatic rings. The molecule has 0 amide bonds. The molecule has 2 atom stereocenters. The molecule has 0 bridgehead atoms. The van der Waals surface area contributed by atoms with Gasteiger partial charge < -0.3 is 15.5 Å². The van der Waals surface area contributed by atoms with E-state index >= 15 is 0 Å². The fraction of sp³-hybridized carbons (Fsp3) is 1.00. The van der Waals surface area contributed by atoms with Crippen LogP contribution in [0, 0.1) is 5.92 Å². The van der Waals surface area contributed by atoms with Gasteiger partial charge in [0.15, 0.2) is 0 Å². The summed E-state index contributed by atoms with van der Waals surface area (Å²) in [6.45, 7) is 1.47. The fourth-order valence-electron chi connectivity index (χ4n) is 0.906. The minimum atomic E-state index is -0.333. The average molecular weight is 117 g/mol. The Labute approximate surface area is 48.3 Å². The first-order valence-electron chi connectivity index (χ1n) is 2.84. The number of aliphatic hydroxyl groups excluding tert-OH is 2. The van der Waals surface area contributed by atoms with E-state index in [1.807, 2.05) is 0 Å². The topological polar surface area (TPSA) is 52.5 Å². The highest BCUT2D eigenvalue weighted by Crippen LogP contribution is 2.05. The van der Waals surface area contributed by atoms with Crippen molar-refractivity contribution in [3.63, 3.8) is 0 Å². The normalized spacial score (nSPS) is 38.2. The van der Waals surface area contributed by atoms with Gasteiger partial charge in [-0.25, -0.2) is 0 Å². The van der Waals surface area contributed by atoms with E-state index in [9.17, 15) is 0 Å². The summed E-state index contributed by atoms with van der Waals surface area (Å²) in [6, 6.07) is 0. The Kier molecular flexibility index (Phi) is 1.83. The van der Waals surface area contributed by atoms with E-state index in [1.165, 1.54) is 0 Å². The molecule has 3 N–H and O–H groups in total. The highest BCUT2D eigenvalue weighted by molar-refractivity contribution is 4.79. The van der Waals surface area contributed by atoms with E-state index in [1.54, 1.807) is 0 Å². The molecule has 3 heteroatoms. The van der Waals surface area contributed by atoms with Crippen LogP contribution < -0.4 is 5.32 Å². The van der Waals surface area contributed by atoms with Crippen LogP contribution in [0.4, 0.5) is 0 Å². The molecule has 0 aromatic heterocycles. The summed E-state index contributed by atoms with van der Waals surface area (Å²) < 4.78 is 0. The van der Waals surface area contributed by atoms with Crippen LogP contribution >= 0.6 is 0 Å². The van der Waals surface area contributed by atoms with Crippen molar-refractivity contribution in [2.75, 3.05) is 19.7 Å². The van der Waals surface area contributed by atoms with E-state index < -0.39 is 0 Å². The van der Waals surface area contributed by atoms with Gasteiger partial charge in [0.2, 0.25) is 0 Å². The van der Waals surface area contributed by atoms with Crippen LogP contribution in [-0.4, -0.2) is 36.0 Å². The predicted octanol–water partition coefficient (Wildman–Crippen LogP) is -1.44. The third-order valence-corrected chi connectivity index (χ3v) is 1.54. The fourth-order valence-corrected chi connectivity index (χ4v) is 0.906. The molecule has 0 aromatic carbocycles. The highest BCUT2D eigenvalue weighted by atomic mass is 16.3. The Morgan fingerprint density at radius 3 is 2.50 bits per heavy atom. The predicted molar refractivity (Wildman–Crippen MR) is 29.5 cm³/mol. The minimum absolute atomic E-state index is 0.0648. The lowest BCUT2D eigenvalue weighted by atomic mass is 10.1. The molecule has 1 fully saturated rings. The molecule has 0 saturated carbocycles.